The molecule has 2 rings (SSSR count). The van der Waals surface area contributed by atoms with E-state index in [0.717, 1.165) is 18.5 Å². The second kappa shape index (κ2) is 5.49. The van der Waals surface area contributed by atoms with Gasteiger partial charge in [0.2, 0.25) is 0 Å². The lowest BCUT2D eigenvalue weighted by Crippen LogP contribution is -2.30. The number of likely N-dealkylation sites (N-methyl/N-ethyl adjacent to an activating group) is 1. The maximum absolute atomic E-state index is 13.6. The molecule has 1 aromatic rings. The molecule has 0 spiro atoms. The maximum Gasteiger partial charge on any atom is 0.127 e. The van der Waals surface area contributed by atoms with E-state index < -0.39 is 0 Å². The summed E-state index contributed by atoms with van der Waals surface area (Å²) in [6, 6.07) is 5.48. The van der Waals surface area contributed by atoms with Crippen LogP contribution in [0.25, 0.3) is 0 Å². The molecule has 0 saturated carbocycles. The Morgan fingerprint density at radius 3 is 2.63 bits per heavy atom. The topological polar surface area (TPSA) is 12.5 Å². The van der Waals surface area contributed by atoms with Crippen molar-refractivity contribution in [3.8, 4) is 5.75 Å². The van der Waals surface area contributed by atoms with Gasteiger partial charge in [0.25, 0.3) is 0 Å². The van der Waals surface area contributed by atoms with Crippen LogP contribution in [0.15, 0.2) is 18.2 Å². The largest absolute Gasteiger partial charge is 0.492 e. The number of ether oxygens (including phenoxy) is 1. The van der Waals surface area contributed by atoms with Crippen molar-refractivity contribution in [1.82, 2.24) is 4.90 Å². The SMILES string of the molecule is CN1CCCC1COc1cc(F)cc(C(C)(C)C)c1. The molecule has 0 amide bonds. The number of hydrogen-bond donors (Lipinski definition) is 0. The first kappa shape index (κ1) is 14.3. The fraction of sp³-hybridized carbons (Fsp3) is 0.625. The standard InChI is InChI=1S/C16H24FNO/c1-16(2,3)12-8-13(17)10-15(9-12)19-11-14-6-5-7-18(14)4/h8-10,14H,5-7,11H2,1-4H3. The molecule has 1 unspecified atom stereocenters. The van der Waals surface area contributed by atoms with Crippen molar-refractivity contribution >= 4 is 0 Å². The molecule has 0 N–H and O–H groups in total. The highest BCUT2D eigenvalue weighted by molar-refractivity contribution is 5.33. The van der Waals surface area contributed by atoms with Gasteiger partial charge in [0.15, 0.2) is 0 Å². The number of rotatable bonds is 3. The summed E-state index contributed by atoms with van der Waals surface area (Å²) in [6.07, 6.45) is 2.39. The zero-order valence-corrected chi connectivity index (χ0v) is 12.4. The third-order valence-corrected chi connectivity index (χ3v) is 3.85. The van der Waals surface area contributed by atoms with Crippen LogP contribution < -0.4 is 4.74 Å². The molecule has 106 valence electrons. The summed E-state index contributed by atoms with van der Waals surface area (Å²) in [5.74, 6) is 0.424. The highest BCUT2D eigenvalue weighted by Crippen LogP contribution is 2.27. The minimum Gasteiger partial charge on any atom is -0.492 e. The fourth-order valence-electron chi connectivity index (χ4n) is 2.46. The lowest BCUT2D eigenvalue weighted by atomic mass is 9.87. The van der Waals surface area contributed by atoms with Gasteiger partial charge < -0.3 is 9.64 Å². The first-order valence-electron chi connectivity index (χ1n) is 7.00. The first-order valence-corrected chi connectivity index (χ1v) is 7.00. The normalized spacial score (nSPS) is 20.8. The third kappa shape index (κ3) is 3.69. The van der Waals surface area contributed by atoms with Crippen LogP contribution in [0.1, 0.15) is 39.2 Å². The molecule has 1 heterocycles. The summed E-state index contributed by atoms with van der Waals surface area (Å²) < 4.78 is 19.4. The highest BCUT2D eigenvalue weighted by atomic mass is 19.1. The van der Waals surface area contributed by atoms with Gasteiger partial charge in [-0.3, -0.25) is 0 Å². The summed E-state index contributed by atoms with van der Waals surface area (Å²) >= 11 is 0. The molecule has 1 fully saturated rings. The molecule has 3 heteroatoms. The predicted octanol–water partition coefficient (Wildman–Crippen LogP) is 3.60. The number of benzene rings is 1. The van der Waals surface area contributed by atoms with Crippen molar-refractivity contribution in [2.75, 3.05) is 20.2 Å². The van der Waals surface area contributed by atoms with E-state index in [0.29, 0.717) is 18.4 Å². The van der Waals surface area contributed by atoms with Gasteiger partial charge in [0.05, 0.1) is 0 Å². The molecule has 2 nitrogen and oxygen atoms in total. The minimum atomic E-state index is -0.220. The van der Waals surface area contributed by atoms with Crippen molar-refractivity contribution in [1.29, 1.82) is 0 Å². The smallest absolute Gasteiger partial charge is 0.127 e. The van der Waals surface area contributed by atoms with Gasteiger partial charge in [0, 0.05) is 12.1 Å². The second-order valence-electron chi connectivity index (χ2n) is 6.51. The Hall–Kier alpha value is -1.09. The van der Waals surface area contributed by atoms with Crippen LogP contribution in [0.4, 0.5) is 4.39 Å². The minimum absolute atomic E-state index is 0.0651. The average Bonchev–Trinajstić information content (AvgIpc) is 2.70. The number of hydrogen-bond acceptors (Lipinski definition) is 2. The van der Waals surface area contributed by atoms with E-state index >= 15 is 0 Å². The molecule has 1 saturated heterocycles. The van der Waals surface area contributed by atoms with Gasteiger partial charge in [-0.15, -0.1) is 0 Å². The second-order valence-corrected chi connectivity index (χ2v) is 6.51. The molecule has 0 aliphatic carbocycles. The van der Waals surface area contributed by atoms with Crippen LogP contribution in [0.2, 0.25) is 0 Å². The van der Waals surface area contributed by atoms with Crippen LogP contribution >= 0.6 is 0 Å². The average molecular weight is 265 g/mol. The molecular formula is C16H24FNO. The molecule has 0 radical (unpaired) electrons. The molecule has 1 aliphatic heterocycles. The van der Waals surface area contributed by atoms with E-state index in [4.69, 9.17) is 4.74 Å². The number of likely N-dealkylation sites (tertiary alicyclic amines) is 1. The van der Waals surface area contributed by atoms with Gasteiger partial charge in [-0.1, -0.05) is 20.8 Å². The van der Waals surface area contributed by atoms with E-state index in [1.807, 2.05) is 6.07 Å². The Kier molecular flexibility index (Phi) is 4.14. The molecule has 1 atom stereocenters. The van der Waals surface area contributed by atoms with Crippen LogP contribution in [-0.4, -0.2) is 31.1 Å². The Bertz CT molecular complexity index is 439. The highest BCUT2D eigenvalue weighted by Gasteiger charge is 2.22. The summed E-state index contributed by atoms with van der Waals surface area (Å²) in [6.45, 7) is 8.01. The molecule has 0 bridgehead atoms. The van der Waals surface area contributed by atoms with Crippen LogP contribution in [-0.2, 0) is 5.41 Å². The molecular weight excluding hydrogens is 241 g/mol. The lowest BCUT2D eigenvalue weighted by Gasteiger charge is -2.22. The monoisotopic (exact) mass is 265 g/mol. The summed E-state index contributed by atoms with van der Waals surface area (Å²) in [7, 11) is 2.12. The van der Waals surface area contributed by atoms with Crippen molar-refractivity contribution < 1.29 is 9.13 Å². The van der Waals surface area contributed by atoms with Crippen molar-refractivity contribution in [2.24, 2.45) is 0 Å². The van der Waals surface area contributed by atoms with E-state index in [1.165, 1.54) is 12.5 Å². The van der Waals surface area contributed by atoms with Crippen molar-refractivity contribution in [3.05, 3.63) is 29.6 Å². The fourth-order valence-corrected chi connectivity index (χ4v) is 2.46. The van der Waals surface area contributed by atoms with Gasteiger partial charge in [-0.05, 0) is 49.5 Å². The zero-order valence-electron chi connectivity index (χ0n) is 12.4. The maximum atomic E-state index is 13.6. The Balaban J connectivity index is 2.06. The lowest BCUT2D eigenvalue weighted by molar-refractivity contribution is 0.197. The summed E-state index contributed by atoms with van der Waals surface area (Å²) in [5, 5.41) is 0. The molecule has 19 heavy (non-hydrogen) atoms. The summed E-state index contributed by atoms with van der Waals surface area (Å²) in [5.41, 5.74) is 0.909. The Morgan fingerprint density at radius 1 is 1.32 bits per heavy atom. The Labute approximate surface area is 115 Å². The van der Waals surface area contributed by atoms with Crippen molar-refractivity contribution in [3.63, 3.8) is 0 Å². The first-order chi connectivity index (χ1) is 8.86. The van der Waals surface area contributed by atoms with Gasteiger partial charge in [-0.2, -0.15) is 0 Å². The molecule has 0 aromatic heterocycles. The van der Waals surface area contributed by atoms with Crippen molar-refractivity contribution in [2.45, 2.75) is 45.1 Å². The molecule has 1 aliphatic rings. The Morgan fingerprint density at radius 2 is 2.05 bits per heavy atom. The van der Waals surface area contributed by atoms with Gasteiger partial charge in [-0.25, -0.2) is 4.39 Å². The van der Waals surface area contributed by atoms with Gasteiger partial charge in [0.1, 0.15) is 18.2 Å². The number of nitrogens with zero attached hydrogens (tertiary/aromatic N) is 1. The van der Waals surface area contributed by atoms with Crippen LogP contribution in [0.3, 0.4) is 0 Å². The summed E-state index contributed by atoms with van der Waals surface area (Å²) in [4.78, 5) is 2.31. The molecule has 1 aromatic carbocycles. The van der Waals surface area contributed by atoms with E-state index in [2.05, 4.69) is 32.7 Å². The van der Waals surface area contributed by atoms with Crippen LogP contribution in [0.5, 0.6) is 5.75 Å². The zero-order chi connectivity index (χ0) is 14.0. The van der Waals surface area contributed by atoms with E-state index in [9.17, 15) is 4.39 Å². The van der Waals surface area contributed by atoms with Crippen LogP contribution in [0, 0.1) is 5.82 Å². The van der Waals surface area contributed by atoms with E-state index in [-0.39, 0.29) is 11.2 Å². The quantitative estimate of drug-likeness (QED) is 0.828. The third-order valence-electron chi connectivity index (χ3n) is 3.85. The predicted molar refractivity (Wildman–Crippen MR) is 76.2 cm³/mol. The number of halogens is 1. The van der Waals surface area contributed by atoms with Gasteiger partial charge >= 0.3 is 0 Å². The van der Waals surface area contributed by atoms with E-state index in [1.54, 1.807) is 6.07 Å².